The van der Waals surface area contributed by atoms with Crippen molar-refractivity contribution in [2.45, 2.75) is 33.6 Å². The van der Waals surface area contributed by atoms with Crippen LogP contribution in [0, 0.1) is 6.92 Å². The summed E-state index contributed by atoms with van der Waals surface area (Å²) in [6.07, 6.45) is 0. The lowest BCUT2D eigenvalue weighted by molar-refractivity contribution is -0.114. The minimum absolute atomic E-state index is 0.0986. The Bertz CT molecular complexity index is 383. The molecule has 0 aliphatic carbocycles. The van der Waals surface area contributed by atoms with Gasteiger partial charge in [0.1, 0.15) is 5.75 Å². The first-order valence-electron chi connectivity index (χ1n) is 5.03. The molecule has 0 saturated carbocycles. The predicted molar refractivity (Wildman–Crippen MR) is 61.2 cm³/mol. The number of carbonyl (C=O) groups excluding carboxylic acids is 1. The first-order valence-corrected chi connectivity index (χ1v) is 5.03. The molecule has 0 heterocycles. The Morgan fingerprint density at radius 1 is 1.40 bits per heavy atom. The summed E-state index contributed by atoms with van der Waals surface area (Å²) in [6, 6.07) is 3.51. The van der Waals surface area contributed by atoms with Gasteiger partial charge in [-0.05, 0) is 36.1 Å². The fourth-order valence-electron chi connectivity index (χ4n) is 1.50. The second-order valence-corrected chi connectivity index (χ2v) is 4.06. The second-order valence-electron chi connectivity index (χ2n) is 4.06. The van der Waals surface area contributed by atoms with E-state index < -0.39 is 0 Å². The number of anilines is 1. The van der Waals surface area contributed by atoms with E-state index in [-0.39, 0.29) is 17.6 Å². The Hall–Kier alpha value is -1.51. The average molecular weight is 207 g/mol. The molecule has 0 radical (unpaired) electrons. The zero-order chi connectivity index (χ0) is 11.6. The van der Waals surface area contributed by atoms with Gasteiger partial charge in [0.2, 0.25) is 5.91 Å². The molecule has 15 heavy (non-hydrogen) atoms. The second kappa shape index (κ2) is 4.34. The SMILES string of the molecule is CC(=O)Nc1cc(C(C)C)c(O)cc1C. The third kappa shape index (κ3) is 2.72. The van der Waals surface area contributed by atoms with E-state index in [2.05, 4.69) is 5.32 Å². The molecule has 1 amide bonds. The standard InChI is InChI=1S/C12H17NO2/c1-7(2)10-6-11(13-9(4)14)8(3)5-12(10)15/h5-7,15H,1-4H3,(H,13,14). The molecule has 0 saturated heterocycles. The molecule has 3 heteroatoms. The van der Waals surface area contributed by atoms with Gasteiger partial charge in [-0.15, -0.1) is 0 Å². The van der Waals surface area contributed by atoms with Gasteiger partial charge >= 0.3 is 0 Å². The summed E-state index contributed by atoms with van der Waals surface area (Å²) in [4.78, 5) is 11.0. The summed E-state index contributed by atoms with van der Waals surface area (Å²) in [5, 5.41) is 12.5. The van der Waals surface area contributed by atoms with Gasteiger partial charge in [-0.1, -0.05) is 13.8 Å². The van der Waals surface area contributed by atoms with Crippen molar-refractivity contribution in [1.82, 2.24) is 0 Å². The zero-order valence-corrected chi connectivity index (χ0v) is 9.59. The number of rotatable bonds is 2. The molecule has 0 bridgehead atoms. The molecule has 1 aromatic rings. The maximum absolute atomic E-state index is 11.0. The van der Waals surface area contributed by atoms with Gasteiger partial charge in [0.25, 0.3) is 0 Å². The molecule has 1 aromatic carbocycles. The summed E-state index contributed by atoms with van der Waals surface area (Å²) < 4.78 is 0. The highest BCUT2D eigenvalue weighted by Gasteiger charge is 2.10. The number of phenols is 1. The number of benzene rings is 1. The topological polar surface area (TPSA) is 49.3 Å². The van der Waals surface area contributed by atoms with Crippen molar-refractivity contribution in [2.75, 3.05) is 5.32 Å². The Kier molecular flexibility index (Phi) is 3.35. The molecule has 0 aromatic heterocycles. The van der Waals surface area contributed by atoms with Crippen molar-refractivity contribution >= 4 is 11.6 Å². The van der Waals surface area contributed by atoms with Crippen molar-refractivity contribution in [3.63, 3.8) is 0 Å². The smallest absolute Gasteiger partial charge is 0.221 e. The van der Waals surface area contributed by atoms with E-state index in [9.17, 15) is 9.90 Å². The number of aromatic hydroxyl groups is 1. The quantitative estimate of drug-likeness (QED) is 0.732. The Balaban J connectivity index is 3.17. The summed E-state index contributed by atoms with van der Waals surface area (Å²) >= 11 is 0. The van der Waals surface area contributed by atoms with Gasteiger partial charge in [-0.3, -0.25) is 4.79 Å². The van der Waals surface area contributed by atoms with Crippen LogP contribution >= 0.6 is 0 Å². The number of amides is 1. The Labute approximate surface area is 90.1 Å². The van der Waals surface area contributed by atoms with E-state index >= 15 is 0 Å². The van der Waals surface area contributed by atoms with E-state index in [1.54, 1.807) is 6.07 Å². The zero-order valence-electron chi connectivity index (χ0n) is 9.59. The molecular weight excluding hydrogens is 190 g/mol. The number of hydrogen-bond acceptors (Lipinski definition) is 2. The number of carbonyl (C=O) groups is 1. The van der Waals surface area contributed by atoms with E-state index in [4.69, 9.17) is 0 Å². The minimum Gasteiger partial charge on any atom is -0.508 e. The largest absolute Gasteiger partial charge is 0.508 e. The van der Waals surface area contributed by atoms with Crippen LogP contribution in [0.25, 0.3) is 0 Å². The minimum atomic E-state index is -0.0986. The van der Waals surface area contributed by atoms with Crippen LogP contribution in [-0.4, -0.2) is 11.0 Å². The van der Waals surface area contributed by atoms with Crippen LogP contribution in [0.2, 0.25) is 0 Å². The van der Waals surface area contributed by atoms with E-state index in [0.717, 1.165) is 16.8 Å². The van der Waals surface area contributed by atoms with Gasteiger partial charge in [-0.25, -0.2) is 0 Å². The van der Waals surface area contributed by atoms with Crippen LogP contribution in [0.3, 0.4) is 0 Å². The molecule has 2 N–H and O–H groups in total. The number of phenolic OH excluding ortho intramolecular Hbond substituents is 1. The highest BCUT2D eigenvalue weighted by Crippen LogP contribution is 2.30. The third-order valence-electron chi connectivity index (χ3n) is 2.31. The van der Waals surface area contributed by atoms with Crippen LogP contribution in [0.5, 0.6) is 5.75 Å². The molecule has 0 atom stereocenters. The molecule has 0 aliphatic rings. The number of nitrogens with one attached hydrogen (secondary N) is 1. The Morgan fingerprint density at radius 2 is 2.00 bits per heavy atom. The van der Waals surface area contributed by atoms with Crippen molar-refractivity contribution in [3.8, 4) is 5.75 Å². The highest BCUT2D eigenvalue weighted by molar-refractivity contribution is 5.89. The monoisotopic (exact) mass is 207 g/mol. The van der Waals surface area contributed by atoms with Crippen molar-refractivity contribution in [2.24, 2.45) is 0 Å². The molecule has 1 rings (SSSR count). The summed E-state index contributed by atoms with van der Waals surface area (Å²) in [7, 11) is 0. The molecule has 3 nitrogen and oxygen atoms in total. The fraction of sp³-hybridized carbons (Fsp3) is 0.417. The molecule has 0 aliphatic heterocycles. The van der Waals surface area contributed by atoms with Crippen molar-refractivity contribution in [1.29, 1.82) is 0 Å². The summed E-state index contributed by atoms with van der Waals surface area (Å²) in [5.74, 6) is 0.424. The van der Waals surface area contributed by atoms with E-state index in [1.165, 1.54) is 6.92 Å². The summed E-state index contributed by atoms with van der Waals surface area (Å²) in [6.45, 7) is 7.33. The molecule has 0 unspecified atom stereocenters. The number of hydrogen-bond donors (Lipinski definition) is 2. The number of aryl methyl sites for hydroxylation is 1. The maximum Gasteiger partial charge on any atom is 0.221 e. The third-order valence-corrected chi connectivity index (χ3v) is 2.31. The predicted octanol–water partition coefficient (Wildman–Crippen LogP) is 2.78. The lowest BCUT2D eigenvalue weighted by atomic mass is 9.99. The highest BCUT2D eigenvalue weighted by atomic mass is 16.3. The van der Waals surface area contributed by atoms with Crippen LogP contribution < -0.4 is 5.32 Å². The molecular formula is C12H17NO2. The van der Waals surface area contributed by atoms with Crippen LogP contribution in [-0.2, 0) is 4.79 Å². The fourth-order valence-corrected chi connectivity index (χ4v) is 1.50. The van der Waals surface area contributed by atoms with Gasteiger partial charge < -0.3 is 10.4 Å². The molecule has 0 spiro atoms. The van der Waals surface area contributed by atoms with Gasteiger partial charge in [-0.2, -0.15) is 0 Å². The van der Waals surface area contributed by atoms with Crippen molar-refractivity contribution < 1.29 is 9.90 Å². The first kappa shape index (κ1) is 11.6. The lowest BCUT2D eigenvalue weighted by Gasteiger charge is -2.13. The van der Waals surface area contributed by atoms with Gasteiger partial charge in [0.05, 0.1) is 0 Å². The van der Waals surface area contributed by atoms with E-state index in [0.29, 0.717) is 0 Å². The molecule has 0 fully saturated rings. The van der Waals surface area contributed by atoms with Gasteiger partial charge in [0, 0.05) is 12.6 Å². The normalized spacial score (nSPS) is 10.5. The average Bonchev–Trinajstić information content (AvgIpc) is 2.08. The maximum atomic E-state index is 11.0. The first-order chi connectivity index (χ1) is 6.91. The summed E-state index contributed by atoms with van der Waals surface area (Å²) in [5.41, 5.74) is 2.49. The van der Waals surface area contributed by atoms with Crippen molar-refractivity contribution in [3.05, 3.63) is 23.3 Å². The Morgan fingerprint density at radius 3 is 2.47 bits per heavy atom. The molecule has 82 valence electrons. The van der Waals surface area contributed by atoms with Crippen LogP contribution in [0.15, 0.2) is 12.1 Å². The lowest BCUT2D eigenvalue weighted by Crippen LogP contribution is -2.07. The van der Waals surface area contributed by atoms with Gasteiger partial charge in [0.15, 0.2) is 0 Å². The van der Waals surface area contributed by atoms with E-state index in [1.807, 2.05) is 26.8 Å². The van der Waals surface area contributed by atoms with Crippen LogP contribution in [0.4, 0.5) is 5.69 Å². The van der Waals surface area contributed by atoms with Crippen LogP contribution in [0.1, 0.15) is 37.8 Å².